The Labute approximate surface area is 664 Å². The molecule has 7 aromatic heterocycles. The van der Waals surface area contributed by atoms with Gasteiger partial charge in [0.25, 0.3) is 0 Å². The number of benzene rings is 17. The number of aromatic nitrogens is 9. The van der Waals surface area contributed by atoms with Crippen molar-refractivity contribution >= 4 is 137 Å². The maximum absolute atomic E-state index is 8.74. The molecule has 116 heavy (non-hydrogen) atoms. The van der Waals surface area contributed by atoms with Crippen molar-refractivity contribution in [1.82, 2.24) is 42.4 Å². The lowest BCUT2D eigenvalue weighted by Gasteiger charge is -2.21. The van der Waals surface area contributed by atoms with Gasteiger partial charge >= 0.3 is 0 Å². The van der Waals surface area contributed by atoms with Gasteiger partial charge in [0.15, 0.2) is 23.2 Å². The monoisotopic (exact) mass is 1480 g/mol. The highest BCUT2D eigenvalue weighted by atomic mass is 15.1. The highest BCUT2D eigenvalue weighted by molar-refractivity contribution is 6.18. The summed E-state index contributed by atoms with van der Waals surface area (Å²) in [5, 5.41) is 13.9. The molecular weight excluding hydrogens is 1410 g/mol. The van der Waals surface area contributed by atoms with Gasteiger partial charge in [-0.3, -0.25) is 0 Å². The van der Waals surface area contributed by atoms with Crippen molar-refractivity contribution in [2.75, 3.05) is 0 Å². The molecule has 24 rings (SSSR count). The van der Waals surface area contributed by atoms with Crippen molar-refractivity contribution in [1.29, 1.82) is 0 Å². The van der Waals surface area contributed by atoms with Crippen molar-refractivity contribution < 1.29 is 0 Å². The van der Waals surface area contributed by atoms with Crippen LogP contribution in [0.4, 0.5) is 5.69 Å². The first kappa shape index (κ1) is 64.8. The number of rotatable bonds is 11. The van der Waals surface area contributed by atoms with E-state index < -0.39 is 0 Å². The summed E-state index contributed by atoms with van der Waals surface area (Å²) in [7, 11) is 0. The standard InChI is InChI=1S/C106H64N10/c1-107-89-39-17-8-30-74(89)68-48-54-98(115-100-56-50-70(111-90-40-18-9-31-75(90)76-32-10-19-41-91(76)111)62-85(100)86-63-71(51-57-101(86)115)112-92-42-20-11-33-77(92)78-34-12-21-43-93(78)112)83(60-68)84-61-69(106-109-104(66-26-4-2-5-27-66)108-105(110-106)67-28-6-3-7-29-67)49-55-99(84)116-102-58-52-72(113-94-44-22-13-35-79(94)80-36-14-23-45-95(80)113)64-87(102)88-65-73(53-59-103(88)116)114-96-46-24-15-37-81(96)82-38-16-25-47-97(82)114/h2-65H. The van der Waals surface area contributed by atoms with E-state index in [1.54, 1.807) is 0 Å². The van der Waals surface area contributed by atoms with E-state index in [1.807, 2.05) is 54.6 Å². The number of hydrogen-bond donors (Lipinski definition) is 0. The average Bonchev–Trinajstić information content (AvgIpc) is 1.66. The van der Waals surface area contributed by atoms with E-state index in [2.05, 4.69) is 366 Å². The zero-order valence-corrected chi connectivity index (χ0v) is 62.4. The van der Waals surface area contributed by atoms with E-state index >= 15 is 0 Å². The van der Waals surface area contributed by atoms with E-state index in [9.17, 15) is 0 Å². The Balaban J connectivity index is 0.828. The van der Waals surface area contributed by atoms with Crippen LogP contribution in [0.1, 0.15) is 0 Å². The van der Waals surface area contributed by atoms with E-state index in [0.29, 0.717) is 23.2 Å². The van der Waals surface area contributed by atoms with Crippen LogP contribution < -0.4 is 0 Å². The van der Waals surface area contributed by atoms with Gasteiger partial charge in [0.1, 0.15) is 0 Å². The van der Waals surface area contributed by atoms with E-state index in [-0.39, 0.29) is 0 Å². The first-order valence-corrected chi connectivity index (χ1v) is 39.3. The van der Waals surface area contributed by atoms with Crippen LogP contribution >= 0.6 is 0 Å². The minimum atomic E-state index is 0.516. The molecule has 0 aliphatic heterocycles. The second-order valence-electron chi connectivity index (χ2n) is 30.1. The molecule has 7 heterocycles. The van der Waals surface area contributed by atoms with Gasteiger partial charge in [0.05, 0.1) is 84.1 Å². The summed E-state index contributed by atoms with van der Waals surface area (Å²) in [4.78, 5) is 20.4. The fourth-order valence-corrected chi connectivity index (χ4v) is 18.8. The van der Waals surface area contributed by atoms with Crippen LogP contribution in [0, 0.1) is 6.57 Å². The van der Waals surface area contributed by atoms with Crippen molar-refractivity contribution in [2.45, 2.75) is 0 Å². The lowest BCUT2D eigenvalue weighted by Crippen LogP contribution is -2.04. The summed E-state index contributed by atoms with van der Waals surface area (Å²) in [5.41, 5.74) is 25.8. The first-order valence-electron chi connectivity index (χ1n) is 39.3. The number of fused-ring (bicyclic) bond motifs is 18. The Morgan fingerprint density at radius 1 is 0.181 bits per heavy atom. The third-order valence-electron chi connectivity index (χ3n) is 23.9. The second-order valence-corrected chi connectivity index (χ2v) is 30.1. The van der Waals surface area contributed by atoms with Gasteiger partial charge in [-0.1, -0.05) is 237 Å². The molecule has 538 valence electrons. The summed E-state index contributed by atoms with van der Waals surface area (Å²) in [6, 6.07) is 140. The van der Waals surface area contributed by atoms with Gasteiger partial charge in [0.2, 0.25) is 0 Å². The van der Waals surface area contributed by atoms with Crippen molar-refractivity contribution in [3.63, 3.8) is 0 Å². The largest absolute Gasteiger partial charge is 0.309 e. The molecule has 10 nitrogen and oxygen atoms in total. The van der Waals surface area contributed by atoms with Gasteiger partial charge in [-0.25, -0.2) is 19.8 Å². The predicted octanol–water partition coefficient (Wildman–Crippen LogP) is 27.3. The number of hydrogen-bond acceptors (Lipinski definition) is 3. The van der Waals surface area contributed by atoms with Crippen molar-refractivity contribution in [3.05, 3.63) is 400 Å². The molecule has 10 heteroatoms. The molecule has 0 fully saturated rings. The summed E-state index contributed by atoms with van der Waals surface area (Å²) < 4.78 is 14.7. The number of nitrogens with zero attached hydrogens (tertiary/aromatic N) is 10. The third kappa shape index (κ3) is 9.79. The molecule has 0 unspecified atom stereocenters. The number of para-hydroxylation sites is 9. The molecule has 17 aromatic carbocycles. The molecule has 24 aromatic rings. The molecule has 0 saturated heterocycles. The quantitative estimate of drug-likeness (QED) is 0.121. The van der Waals surface area contributed by atoms with Crippen LogP contribution in [0.5, 0.6) is 0 Å². The zero-order valence-electron chi connectivity index (χ0n) is 62.4. The summed E-state index contributed by atoms with van der Waals surface area (Å²) in [6.07, 6.45) is 0. The maximum Gasteiger partial charge on any atom is 0.194 e. The predicted molar refractivity (Wildman–Crippen MR) is 479 cm³/mol. The third-order valence-corrected chi connectivity index (χ3v) is 23.9. The molecular formula is C106H64N10. The molecule has 0 aliphatic carbocycles. The average molecular weight is 1480 g/mol. The molecule has 0 radical (unpaired) electrons. The second kappa shape index (κ2) is 25.5. The highest BCUT2D eigenvalue weighted by Crippen LogP contribution is 2.48. The maximum atomic E-state index is 8.74. The van der Waals surface area contributed by atoms with Gasteiger partial charge in [0, 0.05) is 115 Å². The van der Waals surface area contributed by atoms with E-state index in [1.165, 1.54) is 43.1 Å². The molecule has 0 aliphatic rings. The lowest BCUT2D eigenvalue weighted by molar-refractivity contribution is 1.07. The molecule has 0 bridgehead atoms. The minimum Gasteiger partial charge on any atom is -0.309 e. The fraction of sp³-hybridized carbons (Fsp3) is 0. The van der Waals surface area contributed by atoms with Crippen LogP contribution in [0.25, 0.3) is 226 Å². The van der Waals surface area contributed by atoms with Crippen molar-refractivity contribution in [3.8, 4) is 90.5 Å². The van der Waals surface area contributed by atoms with Crippen LogP contribution in [0.15, 0.2) is 388 Å². The van der Waals surface area contributed by atoms with Crippen LogP contribution in [0.3, 0.4) is 0 Å². The van der Waals surface area contributed by atoms with Crippen LogP contribution in [-0.2, 0) is 0 Å². The molecule has 0 amide bonds. The summed E-state index contributed by atoms with van der Waals surface area (Å²) in [5.74, 6) is 1.64. The Morgan fingerprint density at radius 2 is 0.431 bits per heavy atom. The van der Waals surface area contributed by atoms with Crippen molar-refractivity contribution in [2.24, 2.45) is 0 Å². The summed E-state index contributed by atoms with van der Waals surface area (Å²) >= 11 is 0. The molecule has 0 saturated carbocycles. The molecule has 0 N–H and O–H groups in total. The normalized spacial score (nSPS) is 12.0. The Morgan fingerprint density at radius 3 is 0.741 bits per heavy atom. The van der Waals surface area contributed by atoms with Gasteiger partial charge in [-0.15, -0.1) is 0 Å². The van der Waals surface area contributed by atoms with Gasteiger partial charge in [-0.05, 0) is 163 Å². The topological polar surface area (TPSA) is 72.6 Å². The lowest BCUT2D eigenvalue weighted by atomic mass is 9.93. The molecule has 0 spiro atoms. The Bertz CT molecular complexity index is 7690. The fourth-order valence-electron chi connectivity index (χ4n) is 18.8. The van der Waals surface area contributed by atoms with Crippen LogP contribution in [0.2, 0.25) is 0 Å². The Hall–Kier alpha value is -16.0. The highest BCUT2D eigenvalue weighted by Gasteiger charge is 2.28. The molecule has 0 atom stereocenters. The van der Waals surface area contributed by atoms with E-state index in [4.69, 9.17) is 21.5 Å². The smallest absolute Gasteiger partial charge is 0.194 e. The SMILES string of the molecule is [C-]#[N+]c1ccccc1-c1ccc(-n2c3ccc(-n4c5ccccc5c5ccccc54)cc3c3cc(-n4c5ccccc5c5ccccc54)ccc32)c(-c2cc(-c3nc(-c4ccccc4)nc(-c4ccccc4)n3)ccc2-n2c3ccc(-n4c5ccccc5c5ccccc54)cc3c3cc(-n4c5ccccc5c5ccccc54)ccc32)c1. The van der Waals surface area contributed by atoms with Crippen LogP contribution in [-0.4, -0.2) is 42.4 Å². The van der Waals surface area contributed by atoms with Gasteiger partial charge in [-0.2, -0.15) is 0 Å². The zero-order chi connectivity index (χ0) is 76.2. The Kier molecular flexibility index (Phi) is 14.3. The van der Waals surface area contributed by atoms with Gasteiger partial charge < -0.3 is 27.4 Å². The first-order chi connectivity index (χ1) is 57.5. The summed E-state index contributed by atoms with van der Waals surface area (Å²) in [6.45, 7) is 8.74. The van der Waals surface area contributed by atoms with E-state index in [0.717, 1.165) is 161 Å². The minimum absolute atomic E-state index is 0.516.